The summed E-state index contributed by atoms with van der Waals surface area (Å²) in [4.78, 5) is 3.98. The molecule has 0 radical (unpaired) electrons. The highest BCUT2D eigenvalue weighted by Crippen LogP contribution is 2.10. The van der Waals surface area contributed by atoms with E-state index < -0.39 is 0 Å². The molecule has 1 heterocycles. The highest BCUT2D eigenvalue weighted by atomic mass is 15.0. The molecule has 0 aliphatic heterocycles. The largest absolute Gasteiger partial charge is 0.337 e. The molecule has 0 unspecified atom stereocenters. The molecule has 2 nitrogen and oxygen atoms in total. The van der Waals surface area contributed by atoms with Crippen LogP contribution < -0.4 is 0 Å². The summed E-state index contributed by atoms with van der Waals surface area (Å²) >= 11 is 0. The second-order valence-corrected chi connectivity index (χ2v) is 2.69. The summed E-state index contributed by atoms with van der Waals surface area (Å²) in [6.45, 7) is 1.01. The summed E-state index contributed by atoms with van der Waals surface area (Å²) < 4.78 is 2.09. The number of allylic oxidation sites excluding steroid dienone is 4. The maximum absolute atomic E-state index is 3.98. The van der Waals surface area contributed by atoms with E-state index in [1.54, 1.807) is 0 Å². The predicted molar refractivity (Wildman–Crippen MR) is 44.0 cm³/mol. The minimum Gasteiger partial charge on any atom is -0.337 e. The van der Waals surface area contributed by atoms with Crippen LogP contribution in [0.2, 0.25) is 0 Å². The minimum absolute atomic E-state index is 0.559. The first-order valence-electron chi connectivity index (χ1n) is 3.76. The van der Waals surface area contributed by atoms with Gasteiger partial charge in [-0.25, -0.2) is 4.98 Å². The summed E-state index contributed by atoms with van der Waals surface area (Å²) in [5.41, 5.74) is 0. The Labute approximate surface area is 65.9 Å². The Hall–Kier alpha value is -1.31. The van der Waals surface area contributed by atoms with E-state index in [-0.39, 0.29) is 0 Å². The van der Waals surface area contributed by atoms with Gasteiger partial charge in [-0.15, -0.1) is 0 Å². The van der Waals surface area contributed by atoms with Gasteiger partial charge in [-0.1, -0.05) is 24.3 Å². The molecule has 1 aromatic rings. The molecule has 0 aromatic carbocycles. The van der Waals surface area contributed by atoms with Crippen molar-refractivity contribution in [3.05, 3.63) is 43.0 Å². The molecule has 0 atom stereocenters. The first-order chi connectivity index (χ1) is 5.45. The summed E-state index contributed by atoms with van der Waals surface area (Å²) in [5.74, 6) is 0.559. The normalized spacial score (nSPS) is 16.4. The van der Waals surface area contributed by atoms with E-state index in [9.17, 15) is 0 Å². The Kier molecular flexibility index (Phi) is 1.60. The monoisotopic (exact) mass is 146 g/mol. The van der Waals surface area contributed by atoms with Crippen LogP contribution in [0.15, 0.2) is 43.0 Å². The maximum Gasteiger partial charge on any atom is 0.0946 e. The van der Waals surface area contributed by atoms with Crippen LogP contribution in [0.3, 0.4) is 0 Å². The summed E-state index contributed by atoms with van der Waals surface area (Å²) in [6, 6.07) is 0. The molecule has 0 fully saturated rings. The van der Waals surface area contributed by atoms with Gasteiger partial charge in [-0.05, 0) is 0 Å². The Bertz CT molecular complexity index is 258. The van der Waals surface area contributed by atoms with E-state index in [0.717, 1.165) is 6.54 Å². The van der Waals surface area contributed by atoms with Crippen LogP contribution in [0.1, 0.15) is 0 Å². The van der Waals surface area contributed by atoms with Crippen LogP contribution in [0.25, 0.3) is 0 Å². The first kappa shape index (κ1) is 6.40. The highest BCUT2D eigenvalue weighted by molar-refractivity contribution is 5.17. The van der Waals surface area contributed by atoms with E-state index in [1.165, 1.54) is 0 Å². The Morgan fingerprint density at radius 1 is 1.27 bits per heavy atom. The lowest BCUT2D eigenvalue weighted by molar-refractivity contribution is 0.619. The minimum atomic E-state index is 0.559. The van der Waals surface area contributed by atoms with Gasteiger partial charge in [0.15, 0.2) is 0 Å². The van der Waals surface area contributed by atoms with Crippen molar-refractivity contribution in [1.29, 1.82) is 0 Å². The summed E-state index contributed by atoms with van der Waals surface area (Å²) in [7, 11) is 0. The SMILES string of the molecule is C1=CC(Cn2ccnc2)C=C1. The van der Waals surface area contributed by atoms with Crippen molar-refractivity contribution in [3.63, 3.8) is 0 Å². The van der Waals surface area contributed by atoms with Gasteiger partial charge in [-0.2, -0.15) is 0 Å². The third-order valence-electron chi connectivity index (χ3n) is 1.81. The number of hydrogen-bond donors (Lipinski definition) is 0. The molecule has 56 valence electrons. The number of imidazole rings is 1. The predicted octanol–water partition coefficient (Wildman–Crippen LogP) is 1.63. The van der Waals surface area contributed by atoms with Gasteiger partial charge in [-0.3, -0.25) is 0 Å². The van der Waals surface area contributed by atoms with Gasteiger partial charge in [0.05, 0.1) is 6.33 Å². The molecule has 1 aromatic heterocycles. The molecule has 0 bridgehead atoms. The van der Waals surface area contributed by atoms with Crippen molar-refractivity contribution in [2.75, 3.05) is 0 Å². The zero-order valence-electron chi connectivity index (χ0n) is 6.22. The number of rotatable bonds is 2. The second kappa shape index (κ2) is 2.74. The molecule has 0 spiro atoms. The van der Waals surface area contributed by atoms with Crippen LogP contribution in [0.4, 0.5) is 0 Å². The second-order valence-electron chi connectivity index (χ2n) is 2.69. The van der Waals surface area contributed by atoms with E-state index in [0.29, 0.717) is 5.92 Å². The maximum atomic E-state index is 3.98. The zero-order valence-corrected chi connectivity index (χ0v) is 6.22. The van der Waals surface area contributed by atoms with Crippen LogP contribution in [-0.2, 0) is 6.54 Å². The number of nitrogens with zero attached hydrogens (tertiary/aromatic N) is 2. The topological polar surface area (TPSA) is 17.8 Å². The van der Waals surface area contributed by atoms with E-state index >= 15 is 0 Å². The average Bonchev–Trinajstić information content (AvgIpc) is 2.60. The lowest BCUT2D eigenvalue weighted by Gasteiger charge is -2.04. The van der Waals surface area contributed by atoms with Crippen LogP contribution in [0, 0.1) is 5.92 Å². The molecule has 11 heavy (non-hydrogen) atoms. The van der Waals surface area contributed by atoms with Crippen LogP contribution in [-0.4, -0.2) is 9.55 Å². The molecule has 1 aliphatic rings. The fourth-order valence-corrected chi connectivity index (χ4v) is 1.24. The fourth-order valence-electron chi connectivity index (χ4n) is 1.24. The molecule has 2 heteroatoms. The lowest BCUT2D eigenvalue weighted by Crippen LogP contribution is -2.02. The van der Waals surface area contributed by atoms with E-state index in [1.807, 2.05) is 18.7 Å². The van der Waals surface area contributed by atoms with Crippen molar-refractivity contribution >= 4 is 0 Å². The number of aromatic nitrogens is 2. The van der Waals surface area contributed by atoms with Gasteiger partial charge in [0.1, 0.15) is 0 Å². The van der Waals surface area contributed by atoms with Crippen molar-refractivity contribution in [2.45, 2.75) is 6.54 Å². The average molecular weight is 146 g/mol. The Morgan fingerprint density at radius 3 is 2.73 bits per heavy atom. The molecule has 0 saturated carbocycles. The van der Waals surface area contributed by atoms with Gasteiger partial charge < -0.3 is 4.57 Å². The van der Waals surface area contributed by atoms with Crippen molar-refractivity contribution in [1.82, 2.24) is 9.55 Å². The van der Waals surface area contributed by atoms with E-state index in [2.05, 4.69) is 33.9 Å². The zero-order chi connectivity index (χ0) is 7.52. The quantitative estimate of drug-likeness (QED) is 0.620. The van der Waals surface area contributed by atoms with E-state index in [4.69, 9.17) is 0 Å². The third kappa shape index (κ3) is 1.40. The smallest absolute Gasteiger partial charge is 0.0946 e. The fraction of sp³-hybridized carbons (Fsp3) is 0.222. The molecule has 1 aliphatic carbocycles. The van der Waals surface area contributed by atoms with Crippen molar-refractivity contribution < 1.29 is 0 Å². The number of hydrogen-bond acceptors (Lipinski definition) is 1. The summed E-state index contributed by atoms with van der Waals surface area (Å²) in [5, 5.41) is 0. The lowest BCUT2D eigenvalue weighted by atomic mass is 10.2. The highest BCUT2D eigenvalue weighted by Gasteiger charge is 2.02. The molecular formula is C9H10N2. The molecule has 0 N–H and O–H groups in total. The molecular weight excluding hydrogens is 136 g/mol. The van der Waals surface area contributed by atoms with Gasteiger partial charge in [0, 0.05) is 24.9 Å². The van der Waals surface area contributed by atoms with Crippen molar-refractivity contribution in [2.24, 2.45) is 5.92 Å². The van der Waals surface area contributed by atoms with Gasteiger partial charge in [0.2, 0.25) is 0 Å². The van der Waals surface area contributed by atoms with Crippen molar-refractivity contribution in [3.8, 4) is 0 Å². The Balaban J connectivity index is 2.01. The van der Waals surface area contributed by atoms with Crippen LogP contribution in [0.5, 0.6) is 0 Å². The first-order valence-corrected chi connectivity index (χ1v) is 3.76. The molecule has 0 amide bonds. The molecule has 2 rings (SSSR count). The van der Waals surface area contributed by atoms with Crippen LogP contribution >= 0.6 is 0 Å². The van der Waals surface area contributed by atoms with Gasteiger partial charge >= 0.3 is 0 Å². The Morgan fingerprint density at radius 2 is 2.09 bits per heavy atom. The third-order valence-corrected chi connectivity index (χ3v) is 1.81. The standard InChI is InChI=1S/C9H10N2/c1-2-4-9(3-1)7-11-6-5-10-8-11/h1-6,8-9H,7H2. The summed E-state index contributed by atoms with van der Waals surface area (Å²) in [6.07, 6.45) is 14.2. The molecule has 0 saturated heterocycles. The van der Waals surface area contributed by atoms with Gasteiger partial charge in [0.25, 0.3) is 0 Å².